The average Bonchev–Trinajstić information content (AvgIpc) is 2.80. The second kappa shape index (κ2) is 5.89. The third-order valence-corrected chi connectivity index (χ3v) is 4.16. The molecule has 23 heavy (non-hydrogen) atoms. The number of likely N-dealkylation sites (N-methyl/N-ethyl adjacent to an activating group) is 1. The minimum atomic E-state index is -0.686. The van der Waals surface area contributed by atoms with E-state index in [1.165, 1.54) is 4.90 Å². The Kier molecular flexibility index (Phi) is 3.92. The number of aliphatic hydroxyl groups is 1. The number of Topliss-reactive ketones (excluding diaryl/α,β-unsaturated/α-hetero) is 1. The lowest BCUT2D eigenvalue weighted by molar-refractivity contribution is -0.139. The van der Waals surface area contributed by atoms with Crippen LogP contribution in [0.3, 0.4) is 0 Å². The molecule has 0 aromatic heterocycles. The van der Waals surface area contributed by atoms with Gasteiger partial charge in [0.25, 0.3) is 11.7 Å². The molecule has 4 nitrogen and oxygen atoms in total. The molecule has 0 spiro atoms. The van der Waals surface area contributed by atoms with E-state index in [2.05, 4.69) is 0 Å². The number of halogens is 1. The normalized spacial score (nSPS) is 20.1. The molecular weight excluding hydrogens is 314 g/mol. The maximum atomic E-state index is 12.3. The maximum Gasteiger partial charge on any atom is 0.295 e. The largest absolute Gasteiger partial charge is 0.507 e. The maximum absolute atomic E-state index is 12.3. The summed E-state index contributed by atoms with van der Waals surface area (Å²) in [5.74, 6) is -1.51. The lowest BCUT2D eigenvalue weighted by Crippen LogP contribution is -2.24. The van der Waals surface area contributed by atoms with Crippen molar-refractivity contribution in [3.8, 4) is 0 Å². The average molecular weight is 328 g/mol. The molecule has 0 aliphatic carbocycles. The van der Waals surface area contributed by atoms with Crippen molar-refractivity contribution in [3.63, 3.8) is 0 Å². The standard InChI is InChI=1S/C18H14ClNO3/c1-20-15(11-5-3-2-4-6-11)14(17(22)18(20)23)16(21)12-7-9-13(19)10-8-12/h2-10,15,21H,1H3. The monoisotopic (exact) mass is 327 g/mol. The zero-order chi connectivity index (χ0) is 16.6. The van der Waals surface area contributed by atoms with Crippen molar-refractivity contribution in [1.82, 2.24) is 4.90 Å². The van der Waals surface area contributed by atoms with Crippen LogP contribution in [0.4, 0.5) is 0 Å². The van der Waals surface area contributed by atoms with Crippen molar-refractivity contribution >= 4 is 29.1 Å². The van der Waals surface area contributed by atoms with Crippen molar-refractivity contribution in [3.05, 3.63) is 76.3 Å². The summed E-state index contributed by atoms with van der Waals surface area (Å²) in [7, 11) is 1.56. The molecule has 1 heterocycles. The first kappa shape index (κ1) is 15.3. The number of carbonyl (C=O) groups excluding carboxylic acids is 2. The van der Waals surface area contributed by atoms with Gasteiger partial charge in [-0.2, -0.15) is 0 Å². The quantitative estimate of drug-likeness (QED) is 0.522. The SMILES string of the molecule is CN1C(=O)C(=O)C(=C(O)c2ccc(Cl)cc2)C1c1ccccc1. The van der Waals surface area contributed by atoms with E-state index in [0.717, 1.165) is 5.56 Å². The lowest BCUT2D eigenvalue weighted by Gasteiger charge is -2.20. The molecular formula is C18H14ClNO3. The number of benzene rings is 2. The Bertz CT molecular complexity index is 797. The van der Waals surface area contributed by atoms with Gasteiger partial charge < -0.3 is 10.0 Å². The van der Waals surface area contributed by atoms with Gasteiger partial charge in [0, 0.05) is 17.6 Å². The molecule has 1 fully saturated rings. The van der Waals surface area contributed by atoms with Gasteiger partial charge in [0.05, 0.1) is 11.6 Å². The smallest absolute Gasteiger partial charge is 0.295 e. The molecule has 1 saturated heterocycles. The Morgan fingerprint density at radius 2 is 1.65 bits per heavy atom. The molecule has 0 saturated carbocycles. The second-order valence-corrected chi connectivity index (χ2v) is 5.76. The molecule has 2 aromatic rings. The number of aliphatic hydroxyl groups excluding tert-OH is 1. The third kappa shape index (κ3) is 2.62. The van der Waals surface area contributed by atoms with Gasteiger partial charge in [-0.3, -0.25) is 9.59 Å². The van der Waals surface area contributed by atoms with E-state index in [1.807, 2.05) is 30.3 Å². The van der Waals surface area contributed by atoms with E-state index < -0.39 is 17.7 Å². The van der Waals surface area contributed by atoms with Gasteiger partial charge in [-0.1, -0.05) is 41.9 Å². The molecule has 1 N–H and O–H groups in total. The van der Waals surface area contributed by atoms with E-state index in [-0.39, 0.29) is 11.3 Å². The highest BCUT2D eigenvalue weighted by Crippen LogP contribution is 2.38. The molecule has 1 aliphatic heterocycles. The van der Waals surface area contributed by atoms with Crippen molar-refractivity contribution in [2.45, 2.75) is 6.04 Å². The van der Waals surface area contributed by atoms with E-state index in [1.54, 1.807) is 31.3 Å². The van der Waals surface area contributed by atoms with Crippen molar-refractivity contribution in [2.24, 2.45) is 0 Å². The minimum absolute atomic E-state index is 0.0889. The van der Waals surface area contributed by atoms with Gasteiger partial charge >= 0.3 is 0 Å². The first-order chi connectivity index (χ1) is 11.0. The molecule has 116 valence electrons. The summed E-state index contributed by atoms with van der Waals surface area (Å²) in [6.45, 7) is 0. The first-order valence-electron chi connectivity index (χ1n) is 7.06. The van der Waals surface area contributed by atoms with E-state index in [0.29, 0.717) is 10.6 Å². The first-order valence-corrected chi connectivity index (χ1v) is 7.44. The second-order valence-electron chi connectivity index (χ2n) is 5.33. The number of hydrogen-bond acceptors (Lipinski definition) is 3. The fourth-order valence-corrected chi connectivity index (χ4v) is 2.86. The summed E-state index contributed by atoms with van der Waals surface area (Å²) in [5, 5.41) is 11.1. The van der Waals surface area contributed by atoms with Crippen LogP contribution >= 0.6 is 11.6 Å². The van der Waals surface area contributed by atoms with Gasteiger partial charge in [-0.05, 0) is 29.8 Å². The minimum Gasteiger partial charge on any atom is -0.507 e. The summed E-state index contributed by atoms with van der Waals surface area (Å²) in [4.78, 5) is 25.8. The van der Waals surface area contributed by atoms with Gasteiger partial charge in [-0.25, -0.2) is 0 Å². The molecule has 0 bridgehead atoms. The number of likely N-dealkylation sites (tertiary alicyclic amines) is 1. The molecule has 2 aromatic carbocycles. The Balaban J connectivity index is 2.17. The van der Waals surface area contributed by atoms with Gasteiger partial charge in [0.15, 0.2) is 0 Å². The fraction of sp³-hybridized carbons (Fsp3) is 0.111. The van der Waals surface area contributed by atoms with E-state index >= 15 is 0 Å². The van der Waals surface area contributed by atoms with Crippen LogP contribution in [0.2, 0.25) is 5.02 Å². The molecule has 1 amide bonds. The van der Waals surface area contributed by atoms with Crippen LogP contribution < -0.4 is 0 Å². The molecule has 3 rings (SSSR count). The van der Waals surface area contributed by atoms with Crippen molar-refractivity contribution in [2.75, 3.05) is 7.05 Å². The van der Waals surface area contributed by atoms with Crippen LogP contribution in [0.15, 0.2) is 60.2 Å². The predicted octanol–water partition coefficient (Wildman–Crippen LogP) is 3.39. The zero-order valence-corrected chi connectivity index (χ0v) is 13.1. The highest BCUT2D eigenvalue weighted by atomic mass is 35.5. The summed E-state index contributed by atoms with van der Waals surface area (Å²) < 4.78 is 0. The zero-order valence-electron chi connectivity index (χ0n) is 12.4. The predicted molar refractivity (Wildman–Crippen MR) is 88.0 cm³/mol. The van der Waals surface area contributed by atoms with E-state index in [4.69, 9.17) is 11.6 Å². The van der Waals surface area contributed by atoms with Gasteiger partial charge in [-0.15, -0.1) is 0 Å². The van der Waals surface area contributed by atoms with Crippen LogP contribution in [0.1, 0.15) is 17.2 Å². The summed E-state index contributed by atoms with van der Waals surface area (Å²) in [5.41, 5.74) is 1.30. The molecule has 0 radical (unpaired) electrons. The fourth-order valence-electron chi connectivity index (χ4n) is 2.74. The number of carbonyl (C=O) groups is 2. The number of ketones is 1. The molecule has 1 unspecified atom stereocenters. The van der Waals surface area contributed by atoms with Crippen LogP contribution in [0.25, 0.3) is 5.76 Å². The Hall–Kier alpha value is -2.59. The Morgan fingerprint density at radius 1 is 1.04 bits per heavy atom. The number of amides is 1. The van der Waals surface area contributed by atoms with Crippen molar-refractivity contribution < 1.29 is 14.7 Å². The highest BCUT2D eigenvalue weighted by Gasteiger charge is 2.44. The van der Waals surface area contributed by atoms with Crippen LogP contribution in [0.5, 0.6) is 0 Å². The van der Waals surface area contributed by atoms with Crippen molar-refractivity contribution in [1.29, 1.82) is 0 Å². The number of nitrogens with zero attached hydrogens (tertiary/aromatic N) is 1. The summed E-state index contributed by atoms with van der Waals surface area (Å²) in [6, 6.07) is 15.0. The Morgan fingerprint density at radius 3 is 2.26 bits per heavy atom. The number of rotatable bonds is 2. The third-order valence-electron chi connectivity index (χ3n) is 3.91. The number of hydrogen-bond donors (Lipinski definition) is 1. The van der Waals surface area contributed by atoms with Gasteiger partial charge in [0.1, 0.15) is 5.76 Å². The van der Waals surface area contributed by atoms with Gasteiger partial charge in [0.2, 0.25) is 0 Å². The summed E-state index contributed by atoms with van der Waals surface area (Å²) >= 11 is 5.85. The van der Waals surface area contributed by atoms with Crippen LogP contribution in [-0.2, 0) is 9.59 Å². The topological polar surface area (TPSA) is 57.6 Å². The highest BCUT2D eigenvalue weighted by molar-refractivity contribution is 6.46. The van der Waals surface area contributed by atoms with E-state index in [9.17, 15) is 14.7 Å². The molecule has 1 aliphatic rings. The van der Waals surface area contributed by atoms with Crippen LogP contribution in [-0.4, -0.2) is 28.7 Å². The van der Waals surface area contributed by atoms with Crippen LogP contribution in [0, 0.1) is 0 Å². The molecule has 5 heteroatoms. The lowest BCUT2D eigenvalue weighted by atomic mass is 9.95. The Labute approximate surface area is 138 Å². The summed E-state index contributed by atoms with van der Waals surface area (Å²) in [6.07, 6.45) is 0. The molecule has 1 atom stereocenters.